The average molecular weight is 512 g/mol. The second kappa shape index (κ2) is 8.71. The van der Waals surface area contributed by atoms with Gasteiger partial charge in [-0.3, -0.25) is 0 Å². The number of fused-ring (bicyclic) bond motifs is 4. The molecule has 0 bridgehead atoms. The zero-order chi connectivity index (χ0) is 25.9. The minimum atomic E-state index is -0.0297. The van der Waals surface area contributed by atoms with Crippen LogP contribution in [-0.4, -0.2) is 4.98 Å². The first-order valence-electron chi connectivity index (χ1n) is 13.1. The van der Waals surface area contributed by atoms with Gasteiger partial charge in [0, 0.05) is 27.4 Å². The van der Waals surface area contributed by atoms with Crippen LogP contribution in [0.5, 0.6) is 0 Å². The number of aromatic nitrogens is 1. The van der Waals surface area contributed by atoms with Gasteiger partial charge < -0.3 is 10.2 Å². The van der Waals surface area contributed by atoms with E-state index in [-0.39, 0.29) is 11.6 Å². The molecule has 0 saturated heterocycles. The summed E-state index contributed by atoms with van der Waals surface area (Å²) in [5.74, 6) is 0. The molecular formula is C34H29N3S. The first kappa shape index (κ1) is 23.0. The van der Waals surface area contributed by atoms with Crippen LogP contribution in [0.15, 0.2) is 109 Å². The summed E-state index contributed by atoms with van der Waals surface area (Å²) in [5, 5.41) is 6.34. The molecule has 4 aromatic carbocycles. The molecule has 3 heterocycles. The number of anilines is 3. The van der Waals surface area contributed by atoms with Crippen molar-refractivity contribution in [3.05, 3.63) is 120 Å². The number of nitrogens with zero attached hydrogens (tertiary/aromatic N) is 2. The highest BCUT2D eigenvalue weighted by Crippen LogP contribution is 2.48. The van der Waals surface area contributed by atoms with Gasteiger partial charge in [0.2, 0.25) is 0 Å². The Balaban J connectivity index is 1.43. The highest BCUT2D eigenvalue weighted by molar-refractivity contribution is 7.25. The molecule has 0 spiro atoms. The summed E-state index contributed by atoms with van der Waals surface area (Å²) in [6, 6.07) is 37.3. The molecule has 1 N–H and O–H groups in total. The quantitative estimate of drug-likeness (QED) is 0.256. The smallest absolute Gasteiger partial charge is 0.130 e. The number of hydrogen-bond acceptors (Lipinski definition) is 4. The van der Waals surface area contributed by atoms with Crippen molar-refractivity contribution in [3.8, 4) is 11.1 Å². The molecule has 186 valence electrons. The van der Waals surface area contributed by atoms with Gasteiger partial charge in [-0.15, -0.1) is 11.3 Å². The fourth-order valence-electron chi connectivity index (χ4n) is 5.56. The molecule has 0 amide bonds. The predicted molar refractivity (Wildman–Crippen MR) is 163 cm³/mol. The van der Waals surface area contributed by atoms with Gasteiger partial charge in [-0.2, -0.15) is 0 Å². The monoisotopic (exact) mass is 511 g/mol. The molecule has 2 aromatic heterocycles. The summed E-state index contributed by atoms with van der Waals surface area (Å²) in [7, 11) is 0. The van der Waals surface area contributed by atoms with Crippen molar-refractivity contribution in [2.75, 3.05) is 10.2 Å². The molecule has 0 fully saturated rings. The third-order valence-electron chi connectivity index (χ3n) is 7.50. The number of para-hydroxylation sites is 2. The lowest BCUT2D eigenvalue weighted by Gasteiger charge is -2.29. The Morgan fingerprint density at radius 1 is 0.816 bits per heavy atom. The van der Waals surface area contributed by atoms with Crippen LogP contribution in [0, 0.1) is 0 Å². The lowest BCUT2D eigenvalue weighted by molar-refractivity contribution is 0.590. The summed E-state index contributed by atoms with van der Waals surface area (Å²) in [4.78, 5) is 8.21. The van der Waals surface area contributed by atoms with Gasteiger partial charge in [-0.1, -0.05) is 75.4 Å². The van der Waals surface area contributed by atoms with E-state index in [0.717, 1.165) is 10.5 Å². The zero-order valence-electron chi connectivity index (χ0n) is 21.8. The fraction of sp³-hybridized carbons (Fsp3) is 0.147. The number of rotatable bonds is 3. The van der Waals surface area contributed by atoms with E-state index in [1.165, 1.54) is 49.1 Å². The Morgan fingerprint density at radius 3 is 2.37 bits per heavy atom. The minimum absolute atomic E-state index is 0.0297. The molecule has 0 saturated carbocycles. The van der Waals surface area contributed by atoms with Crippen LogP contribution in [0.25, 0.3) is 31.4 Å². The number of thiophene rings is 1. The highest BCUT2D eigenvalue weighted by Gasteiger charge is 2.32. The summed E-state index contributed by atoms with van der Waals surface area (Å²) >= 11 is 1.77. The SMILES string of the molecule is CC(C)(C)c1ccc(N2c3ccccc3NC2c2cc(-c3ccccc3)c3c(c2)sc2ncccc23)cc1. The molecule has 1 aliphatic heterocycles. The molecular weight excluding hydrogens is 482 g/mol. The molecule has 0 radical (unpaired) electrons. The van der Waals surface area contributed by atoms with E-state index in [1.807, 2.05) is 12.3 Å². The Morgan fingerprint density at radius 2 is 1.58 bits per heavy atom. The molecule has 1 atom stereocenters. The van der Waals surface area contributed by atoms with Gasteiger partial charge in [0.05, 0.1) is 11.4 Å². The third-order valence-corrected chi connectivity index (χ3v) is 8.56. The minimum Gasteiger partial charge on any atom is -0.359 e. The van der Waals surface area contributed by atoms with Crippen molar-refractivity contribution in [2.24, 2.45) is 0 Å². The molecule has 6 aromatic rings. The van der Waals surface area contributed by atoms with Crippen LogP contribution in [0.2, 0.25) is 0 Å². The zero-order valence-corrected chi connectivity index (χ0v) is 22.6. The Kier molecular flexibility index (Phi) is 5.27. The second-order valence-electron chi connectivity index (χ2n) is 11.0. The summed E-state index contributed by atoms with van der Waals surface area (Å²) in [6.07, 6.45) is 1.86. The van der Waals surface area contributed by atoms with Crippen LogP contribution in [-0.2, 0) is 5.41 Å². The molecule has 38 heavy (non-hydrogen) atoms. The van der Waals surface area contributed by atoms with Gasteiger partial charge in [0.25, 0.3) is 0 Å². The summed E-state index contributed by atoms with van der Waals surface area (Å²) < 4.78 is 1.26. The normalized spacial score (nSPS) is 15.1. The van der Waals surface area contributed by atoms with Crippen LogP contribution >= 0.6 is 11.3 Å². The van der Waals surface area contributed by atoms with E-state index in [4.69, 9.17) is 4.98 Å². The molecule has 7 rings (SSSR count). The summed E-state index contributed by atoms with van der Waals surface area (Å²) in [6.45, 7) is 6.78. The van der Waals surface area contributed by atoms with Gasteiger partial charge >= 0.3 is 0 Å². The van der Waals surface area contributed by atoms with E-state index >= 15 is 0 Å². The molecule has 3 nitrogen and oxygen atoms in total. The van der Waals surface area contributed by atoms with E-state index in [1.54, 1.807) is 11.3 Å². The lowest BCUT2D eigenvalue weighted by atomic mass is 9.87. The maximum atomic E-state index is 4.70. The molecule has 1 unspecified atom stereocenters. The topological polar surface area (TPSA) is 28.2 Å². The Bertz CT molecular complexity index is 1780. The maximum absolute atomic E-state index is 4.70. The van der Waals surface area contributed by atoms with Crippen molar-refractivity contribution in [1.82, 2.24) is 4.98 Å². The van der Waals surface area contributed by atoms with Crippen LogP contribution in [0.4, 0.5) is 17.1 Å². The van der Waals surface area contributed by atoms with E-state index < -0.39 is 0 Å². The van der Waals surface area contributed by atoms with Crippen LogP contribution in [0.3, 0.4) is 0 Å². The molecule has 4 heteroatoms. The Labute approximate surface area is 227 Å². The predicted octanol–water partition coefficient (Wildman–Crippen LogP) is 9.68. The number of pyridine rings is 1. The van der Waals surface area contributed by atoms with Gasteiger partial charge in [-0.25, -0.2) is 4.98 Å². The maximum Gasteiger partial charge on any atom is 0.130 e. The first-order valence-corrected chi connectivity index (χ1v) is 13.9. The lowest BCUT2D eigenvalue weighted by Crippen LogP contribution is -2.23. The van der Waals surface area contributed by atoms with Gasteiger partial charge in [0.15, 0.2) is 0 Å². The van der Waals surface area contributed by atoms with Crippen molar-refractivity contribution >= 4 is 48.7 Å². The van der Waals surface area contributed by atoms with Crippen molar-refractivity contribution in [1.29, 1.82) is 0 Å². The molecule has 0 aliphatic carbocycles. The number of nitrogens with one attached hydrogen (secondary N) is 1. The van der Waals surface area contributed by atoms with E-state index in [9.17, 15) is 0 Å². The highest BCUT2D eigenvalue weighted by atomic mass is 32.1. The fourth-order valence-corrected chi connectivity index (χ4v) is 6.68. The van der Waals surface area contributed by atoms with Crippen LogP contribution in [0.1, 0.15) is 38.1 Å². The number of benzene rings is 4. The molecule has 1 aliphatic rings. The van der Waals surface area contributed by atoms with Crippen molar-refractivity contribution in [2.45, 2.75) is 32.4 Å². The Hall–Kier alpha value is -4.15. The third kappa shape index (κ3) is 3.75. The van der Waals surface area contributed by atoms with Crippen molar-refractivity contribution < 1.29 is 0 Å². The first-order chi connectivity index (χ1) is 18.5. The second-order valence-corrected chi connectivity index (χ2v) is 12.0. The van der Waals surface area contributed by atoms with Gasteiger partial charge in [-0.05, 0) is 76.2 Å². The number of hydrogen-bond donors (Lipinski definition) is 1. The van der Waals surface area contributed by atoms with E-state index in [0.29, 0.717) is 0 Å². The largest absolute Gasteiger partial charge is 0.359 e. The standard InChI is InChI=1S/C34H29N3S/c1-34(2,3)24-15-17-25(18-16-24)37-29-14-8-7-13-28(29)36-32(37)23-20-27(22-10-5-4-6-11-22)31-26-12-9-19-35-33(26)38-30(31)21-23/h4-21,32,36H,1-3H3. The van der Waals surface area contributed by atoms with E-state index in [2.05, 4.69) is 128 Å². The summed E-state index contributed by atoms with van der Waals surface area (Å²) in [5.41, 5.74) is 8.68. The average Bonchev–Trinajstić information content (AvgIpc) is 3.51. The van der Waals surface area contributed by atoms with Gasteiger partial charge in [0.1, 0.15) is 11.0 Å². The van der Waals surface area contributed by atoms with Crippen LogP contribution < -0.4 is 10.2 Å². The van der Waals surface area contributed by atoms with Crippen molar-refractivity contribution in [3.63, 3.8) is 0 Å².